The summed E-state index contributed by atoms with van der Waals surface area (Å²) in [6.45, 7) is 2.03. The number of hydrogen-bond acceptors (Lipinski definition) is 2. The second kappa shape index (κ2) is 5.90. The van der Waals surface area contributed by atoms with E-state index in [1.54, 1.807) is 0 Å². The average molecular weight is 275 g/mol. The zero-order chi connectivity index (χ0) is 14.7. The third kappa shape index (κ3) is 2.86. The highest BCUT2D eigenvalue weighted by molar-refractivity contribution is 5.80. The highest BCUT2D eigenvalue weighted by Crippen LogP contribution is 2.30. The van der Waals surface area contributed by atoms with Gasteiger partial charge in [0.2, 0.25) is 0 Å². The van der Waals surface area contributed by atoms with Crippen LogP contribution in [0.3, 0.4) is 0 Å². The maximum absolute atomic E-state index is 9.34. The molecule has 0 radical (unpaired) electrons. The molecule has 0 spiro atoms. The first-order valence-electron chi connectivity index (χ1n) is 7.01. The highest BCUT2D eigenvalue weighted by Gasteiger charge is 2.10. The van der Waals surface area contributed by atoms with Crippen LogP contribution < -0.4 is 0 Å². The summed E-state index contributed by atoms with van der Waals surface area (Å²) < 4.78 is 0. The van der Waals surface area contributed by atoms with Gasteiger partial charge in [0, 0.05) is 11.1 Å². The first-order valence-corrected chi connectivity index (χ1v) is 7.01. The van der Waals surface area contributed by atoms with Crippen molar-refractivity contribution in [2.24, 2.45) is 0 Å². The Balaban J connectivity index is 2.18. The van der Waals surface area contributed by atoms with Gasteiger partial charge in [-0.2, -0.15) is 0 Å². The Morgan fingerprint density at radius 2 is 1.52 bits per heavy atom. The number of aromatic nitrogens is 1. The molecule has 0 amide bonds. The van der Waals surface area contributed by atoms with Gasteiger partial charge in [0.25, 0.3) is 0 Å². The van der Waals surface area contributed by atoms with Crippen molar-refractivity contribution >= 4 is 0 Å². The Morgan fingerprint density at radius 3 is 2.19 bits per heavy atom. The second-order valence-corrected chi connectivity index (χ2v) is 5.09. The number of benzene rings is 2. The van der Waals surface area contributed by atoms with E-state index in [1.807, 2.05) is 42.5 Å². The molecule has 2 aromatic carbocycles. The molecule has 0 bridgehead atoms. The van der Waals surface area contributed by atoms with Crippen molar-refractivity contribution in [3.8, 4) is 22.4 Å². The standard InChI is InChI=1S/C19H17NO/c1-14-7-9-15(10-8-14)18-12-11-17(13-21)20-19(18)16-5-3-2-4-6-16/h2-12,21H,13H2,1H3. The van der Waals surface area contributed by atoms with Crippen LogP contribution in [0.5, 0.6) is 0 Å². The van der Waals surface area contributed by atoms with Crippen molar-refractivity contribution in [3.05, 3.63) is 78.0 Å². The Kier molecular flexibility index (Phi) is 3.80. The van der Waals surface area contributed by atoms with Gasteiger partial charge in [0.15, 0.2) is 0 Å². The van der Waals surface area contributed by atoms with Crippen molar-refractivity contribution < 1.29 is 5.11 Å². The summed E-state index contributed by atoms with van der Waals surface area (Å²) in [5, 5.41) is 9.34. The SMILES string of the molecule is Cc1ccc(-c2ccc(CO)nc2-c2ccccc2)cc1. The summed E-state index contributed by atoms with van der Waals surface area (Å²) >= 11 is 0. The normalized spacial score (nSPS) is 10.6. The quantitative estimate of drug-likeness (QED) is 0.776. The molecular formula is C19H17NO. The van der Waals surface area contributed by atoms with Gasteiger partial charge in [-0.25, -0.2) is 4.98 Å². The van der Waals surface area contributed by atoms with Crippen LogP contribution >= 0.6 is 0 Å². The number of nitrogens with zero attached hydrogens (tertiary/aromatic N) is 1. The topological polar surface area (TPSA) is 33.1 Å². The minimum Gasteiger partial charge on any atom is -0.390 e. The van der Waals surface area contributed by atoms with Crippen LogP contribution in [-0.2, 0) is 6.61 Å². The molecule has 0 saturated heterocycles. The first kappa shape index (κ1) is 13.5. The molecule has 1 N–H and O–H groups in total. The Labute approximate surface area is 124 Å². The van der Waals surface area contributed by atoms with Crippen molar-refractivity contribution in [1.82, 2.24) is 4.98 Å². The van der Waals surface area contributed by atoms with Gasteiger partial charge < -0.3 is 5.11 Å². The monoisotopic (exact) mass is 275 g/mol. The lowest BCUT2D eigenvalue weighted by atomic mass is 9.98. The van der Waals surface area contributed by atoms with Crippen LogP contribution in [0.1, 0.15) is 11.3 Å². The average Bonchev–Trinajstić information content (AvgIpc) is 2.56. The molecule has 0 fully saturated rings. The summed E-state index contributed by atoms with van der Waals surface area (Å²) in [5.41, 5.74) is 6.11. The molecule has 0 aliphatic heterocycles. The van der Waals surface area contributed by atoms with E-state index in [9.17, 15) is 5.11 Å². The van der Waals surface area contributed by atoms with Crippen LogP contribution in [0.15, 0.2) is 66.7 Å². The van der Waals surface area contributed by atoms with Crippen molar-refractivity contribution in [2.75, 3.05) is 0 Å². The second-order valence-electron chi connectivity index (χ2n) is 5.09. The molecule has 0 saturated carbocycles. The van der Waals surface area contributed by atoms with Gasteiger partial charge in [-0.3, -0.25) is 0 Å². The van der Waals surface area contributed by atoms with E-state index in [4.69, 9.17) is 0 Å². The molecule has 2 heteroatoms. The molecule has 1 heterocycles. The fourth-order valence-electron chi connectivity index (χ4n) is 2.37. The van der Waals surface area contributed by atoms with Crippen molar-refractivity contribution in [2.45, 2.75) is 13.5 Å². The van der Waals surface area contributed by atoms with Crippen molar-refractivity contribution in [3.63, 3.8) is 0 Å². The van der Waals surface area contributed by atoms with E-state index in [1.165, 1.54) is 5.56 Å². The number of aliphatic hydroxyl groups excluding tert-OH is 1. The number of pyridine rings is 1. The van der Waals surface area contributed by atoms with E-state index < -0.39 is 0 Å². The van der Waals surface area contributed by atoms with E-state index in [0.29, 0.717) is 5.69 Å². The van der Waals surface area contributed by atoms with E-state index in [-0.39, 0.29) is 6.61 Å². The minimum absolute atomic E-state index is 0.0476. The van der Waals surface area contributed by atoms with Gasteiger partial charge in [-0.05, 0) is 18.6 Å². The molecule has 0 atom stereocenters. The predicted octanol–water partition coefficient (Wildman–Crippen LogP) is 4.22. The largest absolute Gasteiger partial charge is 0.390 e. The number of aryl methyl sites for hydroxylation is 1. The highest BCUT2D eigenvalue weighted by atomic mass is 16.3. The van der Waals surface area contributed by atoms with Crippen molar-refractivity contribution in [1.29, 1.82) is 0 Å². The molecule has 2 nitrogen and oxygen atoms in total. The maximum atomic E-state index is 9.34. The predicted molar refractivity (Wildman–Crippen MR) is 85.8 cm³/mol. The van der Waals surface area contributed by atoms with Crippen LogP contribution in [0.25, 0.3) is 22.4 Å². The Morgan fingerprint density at radius 1 is 0.810 bits per heavy atom. The number of rotatable bonds is 3. The lowest BCUT2D eigenvalue weighted by molar-refractivity contribution is 0.277. The lowest BCUT2D eigenvalue weighted by Gasteiger charge is -2.11. The zero-order valence-electron chi connectivity index (χ0n) is 12.0. The summed E-state index contributed by atoms with van der Waals surface area (Å²) in [6.07, 6.45) is 0. The fraction of sp³-hybridized carbons (Fsp3) is 0.105. The Bertz CT molecular complexity index is 733. The zero-order valence-corrected chi connectivity index (χ0v) is 12.0. The van der Waals surface area contributed by atoms with Crippen LogP contribution in [-0.4, -0.2) is 10.1 Å². The minimum atomic E-state index is -0.0476. The van der Waals surface area contributed by atoms with E-state index in [2.05, 4.69) is 36.2 Å². The summed E-state index contributed by atoms with van der Waals surface area (Å²) in [7, 11) is 0. The summed E-state index contributed by atoms with van der Waals surface area (Å²) in [4.78, 5) is 4.61. The van der Waals surface area contributed by atoms with Gasteiger partial charge in [0.05, 0.1) is 18.0 Å². The molecule has 104 valence electrons. The van der Waals surface area contributed by atoms with Crippen LogP contribution in [0, 0.1) is 6.92 Å². The summed E-state index contributed by atoms with van der Waals surface area (Å²) in [5.74, 6) is 0. The summed E-state index contributed by atoms with van der Waals surface area (Å²) in [6, 6.07) is 22.4. The number of hydrogen-bond donors (Lipinski definition) is 1. The third-order valence-corrected chi connectivity index (χ3v) is 3.52. The smallest absolute Gasteiger partial charge is 0.0853 e. The molecule has 3 rings (SSSR count). The van der Waals surface area contributed by atoms with Gasteiger partial charge >= 0.3 is 0 Å². The van der Waals surface area contributed by atoms with E-state index in [0.717, 1.165) is 22.4 Å². The van der Waals surface area contributed by atoms with Crippen LogP contribution in [0.2, 0.25) is 0 Å². The molecule has 0 unspecified atom stereocenters. The molecule has 1 aromatic heterocycles. The van der Waals surface area contributed by atoms with Gasteiger partial charge in [-0.15, -0.1) is 0 Å². The molecule has 21 heavy (non-hydrogen) atoms. The van der Waals surface area contributed by atoms with Gasteiger partial charge in [-0.1, -0.05) is 66.2 Å². The molecule has 0 aliphatic rings. The molecule has 3 aromatic rings. The fourth-order valence-corrected chi connectivity index (χ4v) is 2.37. The molecular weight excluding hydrogens is 258 g/mol. The van der Waals surface area contributed by atoms with Crippen LogP contribution in [0.4, 0.5) is 0 Å². The maximum Gasteiger partial charge on any atom is 0.0853 e. The third-order valence-electron chi connectivity index (χ3n) is 3.52. The lowest BCUT2D eigenvalue weighted by Crippen LogP contribution is -1.95. The van der Waals surface area contributed by atoms with Gasteiger partial charge in [0.1, 0.15) is 0 Å². The first-order chi connectivity index (χ1) is 10.3. The molecule has 0 aliphatic carbocycles. The number of aliphatic hydroxyl groups is 1. The van der Waals surface area contributed by atoms with E-state index >= 15 is 0 Å². The Hall–Kier alpha value is -2.45.